The minimum absolute atomic E-state index is 0.319. The molecule has 6 nitrogen and oxygen atoms in total. The van der Waals surface area contributed by atoms with E-state index in [1.807, 2.05) is 0 Å². The van der Waals surface area contributed by atoms with Gasteiger partial charge in [-0.15, -0.1) is 0 Å². The first-order valence-electron chi connectivity index (χ1n) is 6.86. The van der Waals surface area contributed by atoms with Crippen LogP contribution in [0, 0.1) is 0 Å². The summed E-state index contributed by atoms with van der Waals surface area (Å²) in [5, 5.41) is 10.0. The number of H-pyrrole nitrogens is 1. The molecular formula is C15H18ClN3O3. The monoisotopic (exact) mass is 323 g/mol. The lowest BCUT2D eigenvalue weighted by Gasteiger charge is -2.12. The molecule has 0 atom stereocenters. The molecule has 0 aliphatic heterocycles. The Morgan fingerprint density at radius 3 is 2.64 bits per heavy atom. The molecule has 0 fully saturated rings. The van der Waals surface area contributed by atoms with Crippen molar-refractivity contribution >= 4 is 23.2 Å². The van der Waals surface area contributed by atoms with Crippen LogP contribution in [0.5, 0.6) is 11.5 Å². The van der Waals surface area contributed by atoms with E-state index in [2.05, 4.69) is 22.4 Å². The molecule has 0 saturated carbocycles. The first kappa shape index (κ1) is 16.2. The van der Waals surface area contributed by atoms with Crippen molar-refractivity contribution in [1.82, 2.24) is 10.2 Å². The van der Waals surface area contributed by atoms with Crippen LogP contribution in [0.2, 0.25) is 5.02 Å². The number of hydrogen-bond donors (Lipinski definition) is 2. The number of carbonyl (C=O) groups excluding carboxylic acids is 1. The smallest absolute Gasteiger partial charge is 0.276 e. The van der Waals surface area contributed by atoms with E-state index in [9.17, 15) is 4.79 Å². The highest BCUT2D eigenvalue weighted by Gasteiger charge is 2.15. The van der Waals surface area contributed by atoms with E-state index in [1.165, 1.54) is 14.2 Å². The van der Waals surface area contributed by atoms with Crippen molar-refractivity contribution in [2.45, 2.75) is 19.8 Å². The van der Waals surface area contributed by atoms with Crippen molar-refractivity contribution in [2.75, 3.05) is 19.5 Å². The molecule has 1 aromatic carbocycles. The average molecular weight is 324 g/mol. The number of aromatic nitrogens is 2. The molecule has 0 radical (unpaired) electrons. The van der Waals surface area contributed by atoms with Gasteiger partial charge in [-0.25, -0.2) is 0 Å². The lowest BCUT2D eigenvalue weighted by atomic mass is 10.2. The van der Waals surface area contributed by atoms with Gasteiger partial charge < -0.3 is 14.8 Å². The Hall–Kier alpha value is -2.21. The number of halogens is 1. The number of nitrogens with zero attached hydrogens (tertiary/aromatic N) is 1. The fourth-order valence-corrected chi connectivity index (χ4v) is 2.25. The molecule has 0 unspecified atom stereocenters. The van der Waals surface area contributed by atoms with Gasteiger partial charge in [-0.2, -0.15) is 5.10 Å². The van der Waals surface area contributed by atoms with Gasteiger partial charge in [0, 0.05) is 17.8 Å². The van der Waals surface area contributed by atoms with Gasteiger partial charge in [0.25, 0.3) is 5.91 Å². The molecule has 2 N–H and O–H groups in total. The first-order valence-corrected chi connectivity index (χ1v) is 7.24. The van der Waals surface area contributed by atoms with Crippen LogP contribution in [-0.4, -0.2) is 30.3 Å². The molecule has 7 heteroatoms. The van der Waals surface area contributed by atoms with Gasteiger partial charge in [-0.3, -0.25) is 9.89 Å². The van der Waals surface area contributed by atoms with E-state index in [1.54, 1.807) is 18.2 Å². The Kier molecular flexibility index (Phi) is 5.27. The number of anilines is 1. The summed E-state index contributed by atoms with van der Waals surface area (Å²) in [4.78, 5) is 12.3. The third-order valence-electron chi connectivity index (χ3n) is 3.11. The molecule has 2 rings (SSSR count). The van der Waals surface area contributed by atoms with Gasteiger partial charge in [0.15, 0.2) is 5.69 Å². The maximum Gasteiger partial charge on any atom is 0.276 e. The van der Waals surface area contributed by atoms with Crippen LogP contribution in [0.3, 0.4) is 0 Å². The van der Waals surface area contributed by atoms with E-state index < -0.39 is 0 Å². The Bertz CT molecular complexity index is 670. The lowest BCUT2D eigenvalue weighted by molar-refractivity contribution is 0.102. The highest BCUT2D eigenvalue weighted by molar-refractivity contribution is 6.32. The summed E-state index contributed by atoms with van der Waals surface area (Å²) in [6.07, 6.45) is 1.82. The Labute approximate surface area is 133 Å². The molecule has 2 aromatic rings. The van der Waals surface area contributed by atoms with Crippen LogP contribution in [-0.2, 0) is 6.42 Å². The van der Waals surface area contributed by atoms with Crippen LogP contribution in [0.25, 0.3) is 0 Å². The van der Waals surface area contributed by atoms with Crippen LogP contribution >= 0.6 is 11.6 Å². The number of amides is 1. The Balaban J connectivity index is 2.23. The Morgan fingerprint density at radius 2 is 2.00 bits per heavy atom. The van der Waals surface area contributed by atoms with Gasteiger partial charge in [-0.05, 0) is 12.5 Å². The molecule has 1 heterocycles. The number of aromatic amines is 1. The third kappa shape index (κ3) is 3.51. The average Bonchev–Trinajstić information content (AvgIpc) is 2.97. The predicted molar refractivity (Wildman–Crippen MR) is 85.1 cm³/mol. The maximum atomic E-state index is 12.3. The number of nitrogens with one attached hydrogen (secondary N) is 2. The number of rotatable bonds is 6. The molecule has 22 heavy (non-hydrogen) atoms. The minimum atomic E-state index is -0.332. The van der Waals surface area contributed by atoms with Crippen molar-refractivity contribution in [3.63, 3.8) is 0 Å². The standard InChI is InChI=1S/C15H18ClN3O3/c1-4-5-9-6-12(19-18-9)15(20)17-11-8-13(21-2)10(16)7-14(11)22-3/h6-8H,4-5H2,1-3H3,(H,17,20)(H,18,19). The molecule has 0 spiro atoms. The second-order valence-electron chi connectivity index (χ2n) is 4.67. The molecule has 118 valence electrons. The quantitative estimate of drug-likeness (QED) is 0.855. The van der Waals surface area contributed by atoms with Crippen molar-refractivity contribution < 1.29 is 14.3 Å². The molecule has 1 aromatic heterocycles. The molecular weight excluding hydrogens is 306 g/mol. The van der Waals surface area contributed by atoms with Gasteiger partial charge in [0.05, 0.1) is 24.9 Å². The fourth-order valence-electron chi connectivity index (χ4n) is 2.02. The zero-order valence-electron chi connectivity index (χ0n) is 12.7. The summed E-state index contributed by atoms with van der Waals surface area (Å²) in [5.41, 5.74) is 1.71. The maximum absolute atomic E-state index is 12.3. The van der Waals surface area contributed by atoms with E-state index >= 15 is 0 Å². The van der Waals surface area contributed by atoms with Crippen molar-refractivity contribution in [3.8, 4) is 11.5 Å². The highest BCUT2D eigenvalue weighted by Crippen LogP contribution is 2.36. The summed E-state index contributed by atoms with van der Waals surface area (Å²) in [6, 6.07) is 4.93. The van der Waals surface area contributed by atoms with Crippen molar-refractivity contribution in [1.29, 1.82) is 0 Å². The van der Waals surface area contributed by atoms with E-state index in [0.29, 0.717) is 27.9 Å². The number of aryl methyl sites for hydroxylation is 1. The van der Waals surface area contributed by atoms with Crippen LogP contribution < -0.4 is 14.8 Å². The molecule has 0 aliphatic carbocycles. The number of benzene rings is 1. The van der Waals surface area contributed by atoms with Crippen molar-refractivity contribution in [3.05, 3.63) is 34.6 Å². The van der Waals surface area contributed by atoms with E-state index in [4.69, 9.17) is 21.1 Å². The normalized spacial score (nSPS) is 10.4. The van der Waals surface area contributed by atoms with Gasteiger partial charge >= 0.3 is 0 Å². The molecule has 0 aliphatic rings. The summed E-state index contributed by atoms with van der Waals surface area (Å²) in [7, 11) is 3.01. The van der Waals surface area contributed by atoms with Gasteiger partial charge in [-0.1, -0.05) is 24.9 Å². The van der Waals surface area contributed by atoms with E-state index in [-0.39, 0.29) is 5.91 Å². The molecule has 0 saturated heterocycles. The zero-order valence-corrected chi connectivity index (χ0v) is 13.5. The number of hydrogen-bond acceptors (Lipinski definition) is 4. The van der Waals surface area contributed by atoms with Crippen LogP contribution in [0.1, 0.15) is 29.5 Å². The second-order valence-corrected chi connectivity index (χ2v) is 5.08. The highest BCUT2D eigenvalue weighted by atomic mass is 35.5. The lowest BCUT2D eigenvalue weighted by Crippen LogP contribution is -2.13. The largest absolute Gasteiger partial charge is 0.495 e. The van der Waals surface area contributed by atoms with Crippen LogP contribution in [0.4, 0.5) is 5.69 Å². The first-order chi connectivity index (χ1) is 10.6. The summed E-state index contributed by atoms with van der Waals surface area (Å²) < 4.78 is 10.4. The minimum Gasteiger partial charge on any atom is -0.495 e. The summed E-state index contributed by atoms with van der Waals surface area (Å²) in [5.74, 6) is 0.566. The van der Waals surface area contributed by atoms with Crippen molar-refractivity contribution in [2.24, 2.45) is 0 Å². The number of ether oxygens (including phenoxy) is 2. The van der Waals surface area contributed by atoms with Gasteiger partial charge in [0.2, 0.25) is 0 Å². The SMILES string of the molecule is CCCc1cc(C(=O)Nc2cc(OC)c(Cl)cc2OC)n[nH]1. The predicted octanol–water partition coefficient (Wildman–Crippen LogP) is 3.29. The summed E-state index contributed by atoms with van der Waals surface area (Å²) in [6.45, 7) is 2.06. The second kappa shape index (κ2) is 7.17. The number of carbonyl (C=O) groups is 1. The Morgan fingerprint density at radius 1 is 1.27 bits per heavy atom. The van der Waals surface area contributed by atoms with Crippen LogP contribution in [0.15, 0.2) is 18.2 Å². The summed E-state index contributed by atoms with van der Waals surface area (Å²) >= 11 is 6.04. The van der Waals surface area contributed by atoms with Gasteiger partial charge in [0.1, 0.15) is 11.5 Å². The van der Waals surface area contributed by atoms with E-state index in [0.717, 1.165) is 18.5 Å². The zero-order chi connectivity index (χ0) is 16.1. The molecule has 1 amide bonds. The fraction of sp³-hybridized carbons (Fsp3) is 0.333. The third-order valence-corrected chi connectivity index (χ3v) is 3.40. The number of methoxy groups -OCH3 is 2. The topological polar surface area (TPSA) is 76.2 Å². The molecule has 0 bridgehead atoms.